The minimum atomic E-state index is -0.677. The average Bonchev–Trinajstić information content (AvgIpc) is 2.37. The first-order valence-corrected chi connectivity index (χ1v) is 7.08. The molecule has 1 aromatic rings. The summed E-state index contributed by atoms with van der Waals surface area (Å²) in [7, 11) is 0. The molecular weight excluding hydrogens is 257 g/mol. The first kappa shape index (κ1) is 15.2. The molecule has 1 saturated heterocycles. The molecule has 5 heteroatoms. The fourth-order valence-electron chi connectivity index (χ4n) is 2.74. The third-order valence-corrected chi connectivity index (χ3v) is 3.62. The molecule has 20 heavy (non-hydrogen) atoms. The van der Waals surface area contributed by atoms with Crippen molar-refractivity contribution in [2.75, 3.05) is 37.6 Å². The highest BCUT2D eigenvalue weighted by Gasteiger charge is 2.24. The second-order valence-electron chi connectivity index (χ2n) is 6.02. The second-order valence-corrected chi connectivity index (χ2v) is 6.02. The summed E-state index contributed by atoms with van der Waals surface area (Å²) in [4.78, 5) is 4.41. The van der Waals surface area contributed by atoms with Crippen LogP contribution in [0.2, 0.25) is 0 Å². The van der Waals surface area contributed by atoms with Crippen LogP contribution in [0.3, 0.4) is 0 Å². The van der Waals surface area contributed by atoms with Crippen LogP contribution < -0.4 is 10.6 Å². The molecule has 1 fully saturated rings. The van der Waals surface area contributed by atoms with Crippen LogP contribution in [0.4, 0.5) is 10.1 Å². The monoisotopic (exact) mass is 281 g/mol. The normalized spacial score (nSPS) is 17.6. The number of nitrogens with zero attached hydrogens (tertiary/aromatic N) is 2. The smallest absolute Gasteiger partial charge is 0.129 e. The van der Waals surface area contributed by atoms with Gasteiger partial charge in [0, 0.05) is 50.5 Å². The van der Waals surface area contributed by atoms with Gasteiger partial charge >= 0.3 is 0 Å². The molecule has 3 N–H and O–H groups in total. The molecule has 1 aromatic carbocycles. The van der Waals surface area contributed by atoms with Crippen molar-refractivity contribution in [3.63, 3.8) is 0 Å². The van der Waals surface area contributed by atoms with Gasteiger partial charge in [-0.2, -0.15) is 0 Å². The van der Waals surface area contributed by atoms with E-state index in [1.165, 1.54) is 6.07 Å². The Hall–Kier alpha value is -1.17. The Morgan fingerprint density at radius 1 is 1.25 bits per heavy atom. The first-order valence-electron chi connectivity index (χ1n) is 7.08. The largest absolute Gasteiger partial charge is 0.389 e. The Kier molecular flexibility index (Phi) is 4.62. The van der Waals surface area contributed by atoms with Crippen LogP contribution in [0.5, 0.6) is 0 Å². The molecule has 0 spiro atoms. The van der Waals surface area contributed by atoms with E-state index in [-0.39, 0.29) is 12.4 Å². The number of halogens is 1. The summed E-state index contributed by atoms with van der Waals surface area (Å²) in [5.41, 5.74) is 6.47. The van der Waals surface area contributed by atoms with Gasteiger partial charge in [0.05, 0.1) is 5.60 Å². The summed E-state index contributed by atoms with van der Waals surface area (Å²) in [6.45, 7) is 7.89. The molecule has 0 radical (unpaired) electrons. The second kappa shape index (κ2) is 6.08. The van der Waals surface area contributed by atoms with Crippen LogP contribution in [0.15, 0.2) is 18.2 Å². The zero-order valence-corrected chi connectivity index (χ0v) is 12.3. The van der Waals surface area contributed by atoms with E-state index in [1.54, 1.807) is 6.07 Å². The number of hydrogen-bond acceptors (Lipinski definition) is 4. The van der Waals surface area contributed by atoms with E-state index in [4.69, 9.17) is 5.73 Å². The lowest BCUT2D eigenvalue weighted by Crippen LogP contribution is -2.50. The third-order valence-electron chi connectivity index (χ3n) is 3.62. The van der Waals surface area contributed by atoms with E-state index < -0.39 is 5.60 Å². The van der Waals surface area contributed by atoms with Crippen LogP contribution in [0, 0.1) is 5.82 Å². The molecule has 1 heterocycles. The quantitative estimate of drug-likeness (QED) is 0.870. The van der Waals surface area contributed by atoms with Crippen molar-refractivity contribution in [3.05, 3.63) is 29.6 Å². The fraction of sp³-hybridized carbons (Fsp3) is 0.600. The number of benzene rings is 1. The zero-order valence-electron chi connectivity index (χ0n) is 12.3. The van der Waals surface area contributed by atoms with Crippen LogP contribution in [-0.2, 0) is 6.54 Å². The maximum Gasteiger partial charge on any atom is 0.129 e. The van der Waals surface area contributed by atoms with Crippen molar-refractivity contribution in [2.45, 2.75) is 26.0 Å². The van der Waals surface area contributed by atoms with Gasteiger partial charge in [0.2, 0.25) is 0 Å². The molecule has 0 bridgehead atoms. The molecule has 0 aliphatic carbocycles. The van der Waals surface area contributed by atoms with Crippen molar-refractivity contribution in [1.82, 2.24) is 4.90 Å². The summed E-state index contributed by atoms with van der Waals surface area (Å²) < 4.78 is 13.8. The summed E-state index contributed by atoms with van der Waals surface area (Å²) >= 11 is 0. The highest BCUT2D eigenvalue weighted by molar-refractivity contribution is 5.54. The lowest BCUT2D eigenvalue weighted by atomic mass is 10.1. The molecule has 0 atom stereocenters. The molecule has 0 unspecified atom stereocenters. The van der Waals surface area contributed by atoms with Gasteiger partial charge in [-0.05, 0) is 26.0 Å². The lowest BCUT2D eigenvalue weighted by Gasteiger charge is -2.39. The highest BCUT2D eigenvalue weighted by atomic mass is 19.1. The van der Waals surface area contributed by atoms with Crippen molar-refractivity contribution in [3.8, 4) is 0 Å². The maximum absolute atomic E-state index is 13.8. The fourth-order valence-corrected chi connectivity index (χ4v) is 2.74. The van der Waals surface area contributed by atoms with Crippen LogP contribution in [0.25, 0.3) is 0 Å². The van der Waals surface area contributed by atoms with Gasteiger partial charge in [0.15, 0.2) is 0 Å². The number of anilines is 1. The Morgan fingerprint density at radius 3 is 2.45 bits per heavy atom. The zero-order chi connectivity index (χ0) is 14.8. The van der Waals surface area contributed by atoms with Gasteiger partial charge in [-0.25, -0.2) is 4.39 Å². The van der Waals surface area contributed by atoms with E-state index in [0.29, 0.717) is 12.1 Å². The van der Waals surface area contributed by atoms with Crippen LogP contribution >= 0.6 is 0 Å². The minimum absolute atomic E-state index is 0.214. The van der Waals surface area contributed by atoms with Crippen LogP contribution in [0.1, 0.15) is 19.4 Å². The number of β-amino-alcohol motifs (C(OH)–C–C–N with tert-alkyl or cyclic N) is 1. The molecule has 112 valence electrons. The molecule has 0 saturated carbocycles. The Bertz CT molecular complexity index is 451. The van der Waals surface area contributed by atoms with Gasteiger partial charge < -0.3 is 15.7 Å². The summed E-state index contributed by atoms with van der Waals surface area (Å²) in [5.74, 6) is -0.232. The van der Waals surface area contributed by atoms with Gasteiger partial charge in [-0.3, -0.25) is 4.90 Å². The standard InChI is InChI=1S/C15H24FN3O/c1-15(2,20)11-18-6-8-19(9-7-18)14-5-3-4-13(16)12(14)10-17/h3-5,20H,6-11,17H2,1-2H3. The molecule has 0 amide bonds. The lowest BCUT2D eigenvalue weighted by molar-refractivity contribution is 0.0345. The molecule has 0 aromatic heterocycles. The van der Waals surface area contributed by atoms with Gasteiger partial charge in [0.1, 0.15) is 5.82 Å². The molecule has 1 aliphatic heterocycles. The Balaban J connectivity index is 2.02. The van der Waals surface area contributed by atoms with Crippen molar-refractivity contribution in [2.24, 2.45) is 5.73 Å². The number of piperazine rings is 1. The van der Waals surface area contributed by atoms with E-state index >= 15 is 0 Å². The predicted molar refractivity (Wildman–Crippen MR) is 79.2 cm³/mol. The van der Waals surface area contributed by atoms with Crippen molar-refractivity contribution in [1.29, 1.82) is 0 Å². The van der Waals surface area contributed by atoms with Gasteiger partial charge in [0.25, 0.3) is 0 Å². The van der Waals surface area contributed by atoms with Crippen molar-refractivity contribution >= 4 is 5.69 Å². The van der Waals surface area contributed by atoms with Crippen molar-refractivity contribution < 1.29 is 9.50 Å². The number of hydrogen-bond donors (Lipinski definition) is 2. The molecule has 2 rings (SSSR count). The predicted octanol–water partition coefficient (Wildman–Crippen LogP) is 1.18. The number of nitrogens with two attached hydrogens (primary N) is 1. The van der Waals surface area contributed by atoms with E-state index in [2.05, 4.69) is 9.80 Å². The highest BCUT2D eigenvalue weighted by Crippen LogP contribution is 2.24. The number of aliphatic hydroxyl groups is 1. The Labute approximate surface area is 120 Å². The van der Waals surface area contributed by atoms with Gasteiger partial charge in [-0.15, -0.1) is 0 Å². The topological polar surface area (TPSA) is 52.7 Å². The maximum atomic E-state index is 13.8. The summed E-state index contributed by atoms with van der Waals surface area (Å²) in [6, 6.07) is 5.11. The van der Waals surface area contributed by atoms with Crippen LogP contribution in [-0.4, -0.2) is 48.3 Å². The van der Waals surface area contributed by atoms with E-state index in [0.717, 1.165) is 31.9 Å². The summed E-state index contributed by atoms with van der Waals surface area (Å²) in [5, 5.41) is 9.85. The van der Waals surface area contributed by atoms with E-state index in [9.17, 15) is 9.50 Å². The average molecular weight is 281 g/mol. The minimum Gasteiger partial charge on any atom is -0.389 e. The number of rotatable bonds is 4. The molecule has 1 aliphatic rings. The van der Waals surface area contributed by atoms with Gasteiger partial charge in [-0.1, -0.05) is 6.07 Å². The first-order chi connectivity index (χ1) is 9.40. The van der Waals surface area contributed by atoms with E-state index in [1.807, 2.05) is 19.9 Å². The SMILES string of the molecule is CC(C)(O)CN1CCN(c2cccc(F)c2CN)CC1. The third kappa shape index (κ3) is 3.69. The molecule has 4 nitrogen and oxygen atoms in total. The molecular formula is C15H24FN3O. The Morgan fingerprint density at radius 2 is 1.90 bits per heavy atom. The summed E-state index contributed by atoms with van der Waals surface area (Å²) in [6.07, 6.45) is 0.